The molecule has 0 aromatic carbocycles. The highest BCUT2D eigenvalue weighted by Gasteiger charge is 2.15. The van der Waals surface area contributed by atoms with E-state index in [0.717, 1.165) is 19.4 Å². The van der Waals surface area contributed by atoms with Crippen molar-refractivity contribution >= 4 is 5.91 Å². The number of carbonyl (C=O) groups is 1. The maximum atomic E-state index is 11.5. The van der Waals surface area contributed by atoms with Crippen LogP contribution in [0.5, 0.6) is 0 Å². The van der Waals surface area contributed by atoms with Gasteiger partial charge in [0.25, 0.3) is 0 Å². The van der Waals surface area contributed by atoms with Gasteiger partial charge < -0.3 is 15.6 Å². The van der Waals surface area contributed by atoms with Crippen molar-refractivity contribution in [2.75, 3.05) is 6.54 Å². The topological polar surface area (TPSA) is 72.9 Å². The molecule has 0 spiro atoms. The first kappa shape index (κ1) is 13.7. The predicted molar refractivity (Wildman–Crippen MR) is 67.3 cm³/mol. The van der Waals surface area contributed by atoms with Crippen LogP contribution in [0.4, 0.5) is 0 Å². The Morgan fingerprint density at radius 2 is 2.24 bits per heavy atom. The maximum absolute atomic E-state index is 11.5. The van der Waals surface area contributed by atoms with Crippen molar-refractivity contribution in [1.29, 1.82) is 0 Å². The molecule has 5 nitrogen and oxygen atoms in total. The summed E-state index contributed by atoms with van der Waals surface area (Å²) in [5.41, 5.74) is 5.73. The lowest BCUT2D eigenvalue weighted by atomic mass is 10.1. The fraction of sp³-hybridized carbons (Fsp3) is 0.667. The molecule has 1 rings (SSSR count). The number of amides is 1. The van der Waals surface area contributed by atoms with Gasteiger partial charge in [0.05, 0.1) is 12.4 Å². The molecule has 3 N–H and O–H groups in total. The number of nitrogens with two attached hydrogens (primary N) is 1. The second kappa shape index (κ2) is 7.06. The summed E-state index contributed by atoms with van der Waals surface area (Å²) >= 11 is 0. The summed E-state index contributed by atoms with van der Waals surface area (Å²) in [6, 6.07) is -0.399. The van der Waals surface area contributed by atoms with Crippen LogP contribution < -0.4 is 11.1 Å². The number of hydrogen-bond acceptors (Lipinski definition) is 3. The monoisotopic (exact) mass is 238 g/mol. The summed E-state index contributed by atoms with van der Waals surface area (Å²) in [4.78, 5) is 15.5. The predicted octanol–water partition coefficient (Wildman–Crippen LogP) is 0.763. The summed E-state index contributed by atoms with van der Waals surface area (Å²) in [5.74, 6) is 0.128. The van der Waals surface area contributed by atoms with Crippen molar-refractivity contribution in [2.24, 2.45) is 11.7 Å². The Hall–Kier alpha value is -1.36. The van der Waals surface area contributed by atoms with Crippen molar-refractivity contribution in [2.45, 2.75) is 39.3 Å². The van der Waals surface area contributed by atoms with Gasteiger partial charge in [-0.2, -0.15) is 0 Å². The number of aryl methyl sites for hydroxylation is 1. The third-order valence-corrected chi connectivity index (χ3v) is 2.72. The number of unbranched alkanes of at least 4 members (excludes halogenated alkanes) is 1. The average molecular weight is 238 g/mol. The van der Waals surface area contributed by atoms with E-state index in [1.54, 1.807) is 12.5 Å². The van der Waals surface area contributed by atoms with E-state index in [2.05, 4.69) is 10.3 Å². The minimum absolute atomic E-state index is 0.0531. The van der Waals surface area contributed by atoms with E-state index in [-0.39, 0.29) is 11.8 Å². The third kappa shape index (κ3) is 4.99. The molecule has 0 saturated heterocycles. The Labute approximate surface area is 102 Å². The number of imidazole rings is 1. The molecular weight excluding hydrogens is 216 g/mol. The molecule has 0 aliphatic rings. The largest absolute Gasteiger partial charge is 0.355 e. The number of aromatic nitrogens is 2. The van der Waals surface area contributed by atoms with Crippen molar-refractivity contribution in [3.63, 3.8) is 0 Å². The van der Waals surface area contributed by atoms with Crippen LogP contribution in [0, 0.1) is 5.92 Å². The molecule has 0 saturated carbocycles. The second-order valence-electron chi connectivity index (χ2n) is 4.57. The van der Waals surface area contributed by atoms with Crippen LogP contribution in [-0.4, -0.2) is 28.0 Å². The Kier molecular flexibility index (Phi) is 5.69. The van der Waals surface area contributed by atoms with Gasteiger partial charge in [-0.1, -0.05) is 13.8 Å². The van der Waals surface area contributed by atoms with Crippen molar-refractivity contribution < 1.29 is 4.79 Å². The van der Waals surface area contributed by atoms with Crippen LogP contribution in [0.2, 0.25) is 0 Å². The highest BCUT2D eigenvalue weighted by atomic mass is 16.2. The van der Waals surface area contributed by atoms with Gasteiger partial charge in [-0.15, -0.1) is 0 Å². The van der Waals surface area contributed by atoms with Gasteiger partial charge in [0.15, 0.2) is 0 Å². The van der Waals surface area contributed by atoms with Crippen molar-refractivity contribution in [3.05, 3.63) is 18.7 Å². The highest BCUT2D eigenvalue weighted by molar-refractivity contribution is 5.81. The summed E-state index contributed by atoms with van der Waals surface area (Å²) < 4.78 is 2.03. The molecule has 17 heavy (non-hydrogen) atoms. The van der Waals surface area contributed by atoms with Gasteiger partial charge in [-0.3, -0.25) is 4.79 Å². The zero-order valence-electron chi connectivity index (χ0n) is 10.6. The van der Waals surface area contributed by atoms with Gasteiger partial charge in [-0.05, 0) is 18.8 Å². The van der Waals surface area contributed by atoms with E-state index >= 15 is 0 Å². The molecule has 0 aliphatic carbocycles. The molecule has 1 heterocycles. The normalized spacial score (nSPS) is 12.7. The van der Waals surface area contributed by atoms with Crippen molar-refractivity contribution in [3.8, 4) is 0 Å². The van der Waals surface area contributed by atoms with Crippen LogP contribution in [0.15, 0.2) is 18.7 Å². The molecule has 0 radical (unpaired) electrons. The molecule has 1 amide bonds. The number of carbonyl (C=O) groups excluding carboxylic acids is 1. The van der Waals surface area contributed by atoms with Gasteiger partial charge in [-0.25, -0.2) is 4.98 Å². The molecular formula is C12H22N4O. The van der Waals surface area contributed by atoms with Crippen LogP contribution in [0.3, 0.4) is 0 Å². The van der Waals surface area contributed by atoms with Crippen LogP contribution >= 0.6 is 0 Å². The zero-order valence-corrected chi connectivity index (χ0v) is 10.6. The first-order valence-electron chi connectivity index (χ1n) is 6.10. The lowest BCUT2D eigenvalue weighted by Gasteiger charge is -2.15. The lowest BCUT2D eigenvalue weighted by molar-refractivity contribution is -0.123. The van der Waals surface area contributed by atoms with E-state index in [9.17, 15) is 4.79 Å². The number of nitrogens with zero attached hydrogens (tertiary/aromatic N) is 2. The standard InChI is InChI=1S/C12H22N4O/c1-10(2)11(13)12(17)15-5-3-4-7-16-8-6-14-9-16/h6,8-11H,3-5,7,13H2,1-2H3,(H,15,17)/t11-/m0/s1. The number of rotatable bonds is 7. The first-order valence-corrected chi connectivity index (χ1v) is 6.10. The van der Waals surface area contributed by atoms with Crippen molar-refractivity contribution in [1.82, 2.24) is 14.9 Å². The SMILES string of the molecule is CC(C)[C@H](N)C(=O)NCCCCn1ccnc1. The Morgan fingerprint density at radius 3 is 2.82 bits per heavy atom. The summed E-state index contributed by atoms with van der Waals surface area (Å²) in [6.07, 6.45) is 7.48. The third-order valence-electron chi connectivity index (χ3n) is 2.72. The van der Waals surface area contributed by atoms with Gasteiger partial charge in [0, 0.05) is 25.5 Å². The van der Waals surface area contributed by atoms with E-state index in [4.69, 9.17) is 5.73 Å². The Balaban J connectivity index is 2.06. The zero-order chi connectivity index (χ0) is 12.7. The molecule has 0 aliphatic heterocycles. The van der Waals surface area contributed by atoms with E-state index < -0.39 is 6.04 Å². The van der Waals surface area contributed by atoms with Gasteiger partial charge in [0.2, 0.25) is 5.91 Å². The molecule has 5 heteroatoms. The van der Waals surface area contributed by atoms with Gasteiger partial charge in [0.1, 0.15) is 0 Å². The van der Waals surface area contributed by atoms with E-state index in [1.165, 1.54) is 0 Å². The first-order chi connectivity index (χ1) is 8.11. The fourth-order valence-corrected chi connectivity index (χ4v) is 1.47. The molecule has 1 aromatic heterocycles. The average Bonchev–Trinajstić information content (AvgIpc) is 2.80. The lowest BCUT2D eigenvalue weighted by Crippen LogP contribution is -2.44. The minimum atomic E-state index is -0.399. The van der Waals surface area contributed by atoms with Crippen LogP contribution in [-0.2, 0) is 11.3 Å². The number of nitrogens with one attached hydrogen (secondary N) is 1. The minimum Gasteiger partial charge on any atom is -0.355 e. The smallest absolute Gasteiger partial charge is 0.237 e. The van der Waals surface area contributed by atoms with E-state index in [1.807, 2.05) is 24.6 Å². The van der Waals surface area contributed by atoms with Gasteiger partial charge >= 0.3 is 0 Å². The summed E-state index contributed by atoms with van der Waals surface area (Å²) in [6.45, 7) is 5.52. The quantitative estimate of drug-likeness (QED) is 0.689. The maximum Gasteiger partial charge on any atom is 0.237 e. The Morgan fingerprint density at radius 1 is 1.47 bits per heavy atom. The highest BCUT2D eigenvalue weighted by Crippen LogP contribution is 1.98. The molecule has 96 valence electrons. The van der Waals surface area contributed by atoms with E-state index in [0.29, 0.717) is 6.54 Å². The van der Waals surface area contributed by atoms with Crippen LogP contribution in [0.1, 0.15) is 26.7 Å². The summed E-state index contributed by atoms with van der Waals surface area (Å²) in [7, 11) is 0. The fourth-order valence-electron chi connectivity index (χ4n) is 1.47. The Bertz CT molecular complexity index is 321. The summed E-state index contributed by atoms with van der Waals surface area (Å²) in [5, 5.41) is 2.86. The molecule has 1 atom stereocenters. The second-order valence-corrected chi connectivity index (χ2v) is 4.57. The van der Waals surface area contributed by atoms with Crippen LogP contribution in [0.25, 0.3) is 0 Å². The molecule has 1 aromatic rings. The number of hydrogen-bond donors (Lipinski definition) is 2. The molecule has 0 bridgehead atoms. The molecule has 0 fully saturated rings. The molecule has 0 unspecified atom stereocenters.